The first kappa shape index (κ1) is 17.0. The van der Waals surface area contributed by atoms with Gasteiger partial charge in [0.2, 0.25) is 0 Å². The molecule has 0 aliphatic carbocycles. The van der Waals surface area contributed by atoms with Gasteiger partial charge in [-0.2, -0.15) is 0 Å². The molecular formula is C17H20O6. The van der Waals surface area contributed by atoms with Crippen molar-refractivity contribution in [2.45, 2.75) is 51.4 Å². The fraction of sp³-hybridized carbons (Fsp3) is 0.471. The lowest BCUT2D eigenvalue weighted by atomic mass is 9.95. The van der Waals surface area contributed by atoms with Crippen molar-refractivity contribution >= 4 is 17.9 Å². The monoisotopic (exact) mass is 320 g/mol. The molecule has 2 rings (SSSR count). The van der Waals surface area contributed by atoms with Crippen LogP contribution >= 0.6 is 0 Å². The number of esters is 3. The fourth-order valence-corrected chi connectivity index (χ4v) is 2.64. The highest BCUT2D eigenvalue weighted by molar-refractivity contribution is 5.71. The maximum Gasteiger partial charge on any atom is 0.306 e. The van der Waals surface area contributed by atoms with Gasteiger partial charge in [0.15, 0.2) is 12.2 Å². The highest BCUT2D eigenvalue weighted by Crippen LogP contribution is 2.31. The average molecular weight is 320 g/mol. The maximum atomic E-state index is 11.6. The van der Waals surface area contributed by atoms with E-state index in [2.05, 4.69) is 0 Å². The molecule has 0 spiro atoms. The number of carbonyl (C=O) groups excluding carboxylic acids is 3. The number of rotatable bonds is 5. The highest BCUT2D eigenvalue weighted by Gasteiger charge is 2.39. The minimum atomic E-state index is -0.872. The van der Waals surface area contributed by atoms with Crippen LogP contribution in [0, 0.1) is 0 Å². The third-order valence-electron chi connectivity index (χ3n) is 3.54. The number of carbonyl (C=O) groups is 3. The van der Waals surface area contributed by atoms with Gasteiger partial charge in [-0.25, -0.2) is 0 Å². The zero-order valence-corrected chi connectivity index (χ0v) is 13.2. The van der Waals surface area contributed by atoms with Crippen molar-refractivity contribution in [2.24, 2.45) is 0 Å². The Balaban J connectivity index is 2.32. The molecule has 1 saturated heterocycles. The minimum absolute atomic E-state index is 0.340. The zero-order valence-electron chi connectivity index (χ0n) is 13.2. The van der Waals surface area contributed by atoms with Crippen molar-refractivity contribution in [1.29, 1.82) is 0 Å². The molecule has 124 valence electrons. The summed E-state index contributed by atoms with van der Waals surface area (Å²) in [5.41, 5.74) is 0.676. The van der Waals surface area contributed by atoms with Gasteiger partial charge in [0.25, 0.3) is 0 Å². The van der Waals surface area contributed by atoms with Crippen LogP contribution in [0.2, 0.25) is 0 Å². The molecule has 1 aromatic carbocycles. The Morgan fingerprint density at radius 1 is 1.13 bits per heavy atom. The predicted molar refractivity (Wildman–Crippen MR) is 80.2 cm³/mol. The smallest absolute Gasteiger partial charge is 0.306 e. The van der Waals surface area contributed by atoms with E-state index < -0.39 is 30.3 Å². The lowest BCUT2D eigenvalue weighted by Crippen LogP contribution is -2.42. The van der Waals surface area contributed by atoms with Crippen molar-refractivity contribution in [2.75, 3.05) is 0 Å². The van der Waals surface area contributed by atoms with Crippen LogP contribution in [0.3, 0.4) is 0 Å². The van der Waals surface area contributed by atoms with Crippen molar-refractivity contribution in [1.82, 2.24) is 0 Å². The third kappa shape index (κ3) is 4.81. The molecule has 1 fully saturated rings. The summed E-state index contributed by atoms with van der Waals surface area (Å²) < 4.78 is 16.1. The first-order valence-corrected chi connectivity index (χ1v) is 7.56. The van der Waals surface area contributed by atoms with Crippen LogP contribution in [-0.4, -0.2) is 30.1 Å². The molecule has 0 bridgehead atoms. The molecule has 1 aromatic rings. The Kier molecular flexibility index (Phi) is 5.73. The number of hydrogen-bond donors (Lipinski definition) is 0. The Bertz CT molecular complexity index is 568. The van der Waals surface area contributed by atoms with E-state index in [0.717, 1.165) is 0 Å². The summed E-state index contributed by atoms with van der Waals surface area (Å²) >= 11 is 0. The van der Waals surface area contributed by atoms with Crippen molar-refractivity contribution < 1.29 is 28.6 Å². The van der Waals surface area contributed by atoms with Gasteiger partial charge >= 0.3 is 17.9 Å². The van der Waals surface area contributed by atoms with Gasteiger partial charge in [0, 0.05) is 20.3 Å². The number of cyclic esters (lactones) is 1. The normalized spacial score (nSPS) is 20.1. The van der Waals surface area contributed by atoms with Crippen LogP contribution in [0.25, 0.3) is 0 Å². The molecule has 1 heterocycles. The fourth-order valence-electron chi connectivity index (χ4n) is 2.64. The van der Waals surface area contributed by atoms with Crippen LogP contribution in [0.5, 0.6) is 0 Å². The van der Waals surface area contributed by atoms with Crippen molar-refractivity contribution in [3.63, 3.8) is 0 Å². The van der Waals surface area contributed by atoms with E-state index in [9.17, 15) is 14.4 Å². The molecule has 6 heteroatoms. The Morgan fingerprint density at radius 3 is 2.35 bits per heavy atom. The number of benzene rings is 1. The quantitative estimate of drug-likeness (QED) is 0.612. The van der Waals surface area contributed by atoms with Crippen LogP contribution in [0.4, 0.5) is 0 Å². The van der Waals surface area contributed by atoms with E-state index in [1.165, 1.54) is 13.8 Å². The Labute approximate surface area is 134 Å². The van der Waals surface area contributed by atoms with Crippen LogP contribution in [0.1, 0.15) is 44.8 Å². The van der Waals surface area contributed by atoms with Gasteiger partial charge in [0.1, 0.15) is 6.10 Å². The number of ether oxygens (including phenoxy) is 3. The molecule has 1 aliphatic heterocycles. The van der Waals surface area contributed by atoms with Gasteiger partial charge in [-0.15, -0.1) is 0 Å². The average Bonchev–Trinajstić information content (AvgIpc) is 2.51. The molecule has 0 saturated carbocycles. The van der Waals surface area contributed by atoms with E-state index in [1.807, 2.05) is 6.07 Å². The standard InChI is InChI=1S/C17H20O6/c1-11(18)21-16(13-7-4-3-5-8-13)17(22-12(2)19)14-9-6-10-15(20)23-14/h3-5,7-8,14,16-17H,6,9-10H2,1-2H3/t14-,16-,17+/m1/s1. The molecule has 1 aliphatic rings. The van der Waals surface area contributed by atoms with Crippen LogP contribution in [0.15, 0.2) is 30.3 Å². The molecule has 3 atom stereocenters. The minimum Gasteiger partial charge on any atom is -0.458 e. The second kappa shape index (κ2) is 7.76. The first-order valence-electron chi connectivity index (χ1n) is 7.56. The summed E-state index contributed by atoms with van der Waals surface area (Å²) in [6, 6.07) is 8.96. The largest absolute Gasteiger partial charge is 0.458 e. The van der Waals surface area contributed by atoms with Crippen molar-refractivity contribution in [3.05, 3.63) is 35.9 Å². The summed E-state index contributed by atoms with van der Waals surface area (Å²) in [7, 11) is 0. The molecule has 0 unspecified atom stereocenters. The highest BCUT2D eigenvalue weighted by atomic mass is 16.6. The summed E-state index contributed by atoms with van der Waals surface area (Å²) in [5, 5.41) is 0. The van der Waals surface area contributed by atoms with E-state index in [-0.39, 0.29) is 5.97 Å². The molecule has 0 amide bonds. The summed E-state index contributed by atoms with van der Waals surface area (Å²) in [6.45, 7) is 2.56. The maximum absolute atomic E-state index is 11.6. The van der Waals surface area contributed by atoms with Gasteiger partial charge in [-0.3, -0.25) is 14.4 Å². The molecule has 0 N–H and O–H groups in total. The van der Waals surface area contributed by atoms with Gasteiger partial charge in [-0.05, 0) is 18.4 Å². The van der Waals surface area contributed by atoms with E-state index >= 15 is 0 Å². The third-order valence-corrected chi connectivity index (χ3v) is 3.54. The molecule has 23 heavy (non-hydrogen) atoms. The first-order chi connectivity index (χ1) is 11.0. The van der Waals surface area contributed by atoms with Crippen LogP contribution in [-0.2, 0) is 28.6 Å². The van der Waals surface area contributed by atoms with Gasteiger partial charge in [-0.1, -0.05) is 30.3 Å². The summed E-state index contributed by atoms with van der Waals surface area (Å²) in [6.07, 6.45) is -0.800. The van der Waals surface area contributed by atoms with Gasteiger partial charge < -0.3 is 14.2 Å². The predicted octanol–water partition coefficient (Wildman–Crippen LogP) is 2.32. The van der Waals surface area contributed by atoms with E-state index in [1.54, 1.807) is 24.3 Å². The number of hydrogen-bond acceptors (Lipinski definition) is 6. The summed E-state index contributed by atoms with van der Waals surface area (Å²) in [4.78, 5) is 34.6. The Morgan fingerprint density at radius 2 is 1.78 bits per heavy atom. The Hall–Kier alpha value is -2.37. The van der Waals surface area contributed by atoms with E-state index in [4.69, 9.17) is 14.2 Å². The molecule has 0 aromatic heterocycles. The topological polar surface area (TPSA) is 78.9 Å². The SMILES string of the molecule is CC(=O)O[C@H]([C@H](OC(C)=O)c1ccccc1)[C@H]1CCCC(=O)O1. The molecular weight excluding hydrogens is 300 g/mol. The summed E-state index contributed by atoms with van der Waals surface area (Å²) in [5.74, 6) is -1.36. The van der Waals surface area contributed by atoms with Gasteiger partial charge in [0.05, 0.1) is 0 Å². The van der Waals surface area contributed by atoms with E-state index in [0.29, 0.717) is 24.8 Å². The lowest BCUT2D eigenvalue weighted by molar-refractivity contribution is -0.188. The zero-order chi connectivity index (χ0) is 16.8. The molecule has 6 nitrogen and oxygen atoms in total. The van der Waals surface area contributed by atoms with Crippen molar-refractivity contribution in [3.8, 4) is 0 Å². The van der Waals surface area contributed by atoms with Crippen LogP contribution < -0.4 is 0 Å². The molecule has 0 radical (unpaired) electrons. The second-order valence-electron chi connectivity index (χ2n) is 5.44. The lowest BCUT2D eigenvalue weighted by Gasteiger charge is -2.34. The second-order valence-corrected chi connectivity index (χ2v) is 5.44.